The third-order valence-electron chi connectivity index (χ3n) is 3.22. The van der Waals surface area contributed by atoms with Crippen molar-refractivity contribution in [1.29, 1.82) is 0 Å². The third-order valence-corrected chi connectivity index (χ3v) is 4.38. The second-order valence-corrected chi connectivity index (χ2v) is 6.02. The summed E-state index contributed by atoms with van der Waals surface area (Å²) in [7, 11) is 1.57. The van der Waals surface area contributed by atoms with Gasteiger partial charge in [-0.15, -0.1) is 11.8 Å². The molecule has 0 unspecified atom stereocenters. The molecule has 0 saturated heterocycles. The topological polar surface area (TPSA) is 51.2 Å². The number of nitrogens with zero attached hydrogens (tertiary/aromatic N) is 1. The number of nitrogens with one attached hydrogen (secondary N) is 1. The lowest BCUT2D eigenvalue weighted by Gasteiger charge is -2.09. The van der Waals surface area contributed by atoms with E-state index in [0.717, 1.165) is 10.5 Å². The molecule has 4 nitrogen and oxygen atoms in total. The number of carbonyl (C=O) groups excluding carboxylic acids is 1. The third kappa shape index (κ3) is 4.49. The van der Waals surface area contributed by atoms with Gasteiger partial charge in [0.1, 0.15) is 0 Å². The van der Waals surface area contributed by atoms with Gasteiger partial charge in [-0.05, 0) is 31.5 Å². The van der Waals surface area contributed by atoms with Gasteiger partial charge >= 0.3 is 0 Å². The molecule has 5 heteroatoms. The number of carbonyl (C=O) groups is 1. The molecule has 0 aliphatic heterocycles. The molecule has 2 aromatic rings. The van der Waals surface area contributed by atoms with E-state index in [-0.39, 0.29) is 5.91 Å². The number of pyridine rings is 1. The summed E-state index contributed by atoms with van der Waals surface area (Å²) in [4.78, 5) is 17.3. The van der Waals surface area contributed by atoms with Crippen LogP contribution in [0.1, 0.15) is 16.7 Å². The molecule has 1 aromatic heterocycles. The lowest BCUT2D eigenvalue weighted by molar-refractivity contribution is -0.118. The van der Waals surface area contributed by atoms with E-state index in [1.54, 1.807) is 25.1 Å². The van der Waals surface area contributed by atoms with Crippen LogP contribution in [-0.2, 0) is 11.3 Å². The monoisotopic (exact) mass is 316 g/mol. The Morgan fingerprint density at radius 1 is 1.32 bits per heavy atom. The molecule has 0 saturated carbocycles. The number of methoxy groups -OCH3 is 1. The summed E-state index contributed by atoms with van der Waals surface area (Å²) in [6.45, 7) is 4.53. The summed E-state index contributed by atoms with van der Waals surface area (Å²) < 4.78 is 5.17. The van der Waals surface area contributed by atoms with Crippen molar-refractivity contribution in [1.82, 2.24) is 10.3 Å². The summed E-state index contributed by atoms with van der Waals surface area (Å²) in [5.41, 5.74) is 3.26. The zero-order valence-corrected chi connectivity index (χ0v) is 13.9. The largest absolute Gasteiger partial charge is 0.481 e. The fourth-order valence-corrected chi connectivity index (χ4v) is 2.95. The Morgan fingerprint density at radius 2 is 2.14 bits per heavy atom. The molecule has 0 bridgehead atoms. The quantitative estimate of drug-likeness (QED) is 0.832. The van der Waals surface area contributed by atoms with E-state index in [2.05, 4.69) is 42.3 Å². The Kier molecular flexibility index (Phi) is 5.83. The van der Waals surface area contributed by atoms with E-state index in [1.807, 2.05) is 12.1 Å². The highest BCUT2D eigenvalue weighted by Crippen LogP contribution is 2.23. The fourth-order valence-electron chi connectivity index (χ4n) is 1.99. The zero-order chi connectivity index (χ0) is 15.9. The van der Waals surface area contributed by atoms with E-state index >= 15 is 0 Å². The highest BCUT2D eigenvalue weighted by Gasteiger charge is 2.08. The van der Waals surface area contributed by atoms with Gasteiger partial charge in [0.05, 0.1) is 12.9 Å². The molecule has 1 N–H and O–H groups in total. The summed E-state index contributed by atoms with van der Waals surface area (Å²) in [6, 6.07) is 9.99. The summed E-state index contributed by atoms with van der Waals surface area (Å²) in [5, 5.41) is 2.90. The number of rotatable bonds is 6. The van der Waals surface area contributed by atoms with Crippen LogP contribution in [0.5, 0.6) is 5.88 Å². The number of aryl methyl sites for hydroxylation is 2. The van der Waals surface area contributed by atoms with Crippen LogP contribution in [-0.4, -0.2) is 23.8 Å². The number of ether oxygens (including phenoxy) is 1. The van der Waals surface area contributed by atoms with E-state index in [4.69, 9.17) is 4.74 Å². The van der Waals surface area contributed by atoms with Gasteiger partial charge in [0.2, 0.25) is 11.8 Å². The minimum atomic E-state index is -0.00295. The second kappa shape index (κ2) is 7.84. The van der Waals surface area contributed by atoms with Gasteiger partial charge in [0.25, 0.3) is 0 Å². The molecule has 0 aliphatic carbocycles. The van der Waals surface area contributed by atoms with Crippen molar-refractivity contribution < 1.29 is 9.53 Å². The molecule has 116 valence electrons. The molecule has 0 fully saturated rings. The van der Waals surface area contributed by atoms with Crippen LogP contribution in [0, 0.1) is 13.8 Å². The first-order chi connectivity index (χ1) is 10.6. The molecule has 0 radical (unpaired) electrons. The number of hydrogen-bond donors (Lipinski definition) is 1. The minimum absolute atomic E-state index is 0.00295. The minimum Gasteiger partial charge on any atom is -0.481 e. The summed E-state index contributed by atoms with van der Waals surface area (Å²) in [5.74, 6) is 0.939. The Labute approximate surface area is 135 Å². The van der Waals surface area contributed by atoms with Crippen LogP contribution in [0.15, 0.2) is 41.4 Å². The molecule has 0 aliphatic rings. The maximum Gasteiger partial charge on any atom is 0.230 e. The predicted molar refractivity (Wildman–Crippen MR) is 89.3 cm³/mol. The normalized spacial score (nSPS) is 10.3. The molecule has 1 aromatic carbocycles. The predicted octanol–water partition coefficient (Wildman–Crippen LogP) is 3.12. The lowest BCUT2D eigenvalue weighted by Crippen LogP contribution is -2.24. The van der Waals surface area contributed by atoms with Crippen molar-refractivity contribution in [3.05, 3.63) is 53.2 Å². The van der Waals surface area contributed by atoms with Gasteiger partial charge in [-0.1, -0.05) is 23.8 Å². The molecular formula is C17H20N2O2S. The average Bonchev–Trinajstić information content (AvgIpc) is 2.54. The maximum absolute atomic E-state index is 12.0. The van der Waals surface area contributed by atoms with Crippen LogP contribution < -0.4 is 10.1 Å². The first kappa shape index (κ1) is 16.4. The Bertz CT molecular complexity index is 659. The Balaban J connectivity index is 1.87. The lowest BCUT2D eigenvalue weighted by atomic mass is 10.2. The number of aromatic nitrogens is 1. The summed E-state index contributed by atoms with van der Waals surface area (Å²) >= 11 is 1.56. The van der Waals surface area contributed by atoms with Gasteiger partial charge in [0, 0.05) is 23.2 Å². The average molecular weight is 316 g/mol. The molecule has 1 heterocycles. The molecule has 1 amide bonds. The number of amides is 1. The van der Waals surface area contributed by atoms with Crippen molar-refractivity contribution in [2.45, 2.75) is 25.3 Å². The fraction of sp³-hybridized carbons (Fsp3) is 0.294. The number of hydrogen-bond acceptors (Lipinski definition) is 4. The van der Waals surface area contributed by atoms with Gasteiger partial charge < -0.3 is 10.1 Å². The highest BCUT2D eigenvalue weighted by molar-refractivity contribution is 8.00. The first-order valence-corrected chi connectivity index (χ1v) is 8.03. The van der Waals surface area contributed by atoms with Gasteiger partial charge in [-0.3, -0.25) is 4.79 Å². The Morgan fingerprint density at radius 3 is 2.91 bits per heavy atom. The van der Waals surface area contributed by atoms with Gasteiger partial charge in [-0.25, -0.2) is 4.98 Å². The first-order valence-electron chi connectivity index (χ1n) is 7.05. The van der Waals surface area contributed by atoms with Crippen LogP contribution >= 0.6 is 11.8 Å². The molecule has 22 heavy (non-hydrogen) atoms. The standard InChI is InChI=1S/C17H20N2O2S/c1-12-6-7-13(2)15(9-12)22-11-16(20)19-10-14-5-4-8-18-17(14)21-3/h4-9H,10-11H2,1-3H3,(H,19,20). The van der Waals surface area contributed by atoms with Gasteiger partial charge in [0.15, 0.2) is 0 Å². The second-order valence-electron chi connectivity index (χ2n) is 5.01. The Hall–Kier alpha value is -2.01. The zero-order valence-electron chi connectivity index (χ0n) is 13.1. The van der Waals surface area contributed by atoms with E-state index in [1.165, 1.54) is 11.1 Å². The smallest absolute Gasteiger partial charge is 0.230 e. The van der Waals surface area contributed by atoms with Gasteiger partial charge in [-0.2, -0.15) is 0 Å². The van der Waals surface area contributed by atoms with Crippen molar-refractivity contribution in [3.63, 3.8) is 0 Å². The number of thioether (sulfide) groups is 1. The molecule has 2 rings (SSSR count). The van der Waals surface area contributed by atoms with Crippen molar-refractivity contribution in [3.8, 4) is 5.88 Å². The molecular weight excluding hydrogens is 296 g/mol. The molecule has 0 spiro atoms. The van der Waals surface area contributed by atoms with Crippen LogP contribution in [0.4, 0.5) is 0 Å². The number of benzene rings is 1. The molecule has 0 atom stereocenters. The maximum atomic E-state index is 12.0. The van der Waals surface area contributed by atoms with Crippen molar-refractivity contribution >= 4 is 17.7 Å². The van der Waals surface area contributed by atoms with E-state index in [9.17, 15) is 4.79 Å². The van der Waals surface area contributed by atoms with Crippen LogP contribution in [0.3, 0.4) is 0 Å². The summed E-state index contributed by atoms with van der Waals surface area (Å²) in [6.07, 6.45) is 1.67. The van der Waals surface area contributed by atoms with Crippen LogP contribution in [0.25, 0.3) is 0 Å². The van der Waals surface area contributed by atoms with E-state index in [0.29, 0.717) is 18.2 Å². The van der Waals surface area contributed by atoms with Crippen molar-refractivity contribution in [2.75, 3.05) is 12.9 Å². The van der Waals surface area contributed by atoms with Crippen molar-refractivity contribution in [2.24, 2.45) is 0 Å². The SMILES string of the molecule is COc1ncccc1CNC(=O)CSc1cc(C)ccc1C. The van der Waals surface area contributed by atoms with Crippen LogP contribution in [0.2, 0.25) is 0 Å². The highest BCUT2D eigenvalue weighted by atomic mass is 32.2. The van der Waals surface area contributed by atoms with E-state index < -0.39 is 0 Å².